The van der Waals surface area contributed by atoms with Gasteiger partial charge in [0.2, 0.25) is 0 Å². The van der Waals surface area contributed by atoms with E-state index < -0.39 is 11.0 Å². The molecule has 3 fully saturated rings. The number of halogens is 1. The molecule has 1 aliphatic carbocycles. The molecule has 1 amide bonds. The molecule has 7 rings (SSSR count). The Morgan fingerprint density at radius 2 is 1.94 bits per heavy atom. The van der Waals surface area contributed by atoms with Crippen molar-refractivity contribution < 1.29 is 18.5 Å². The third-order valence-corrected chi connectivity index (χ3v) is 14.5. The van der Waals surface area contributed by atoms with Crippen LogP contribution in [0.15, 0.2) is 48.6 Å². The molecule has 1 saturated carbocycles. The number of anilines is 1. The summed E-state index contributed by atoms with van der Waals surface area (Å²) in [6.07, 6.45) is 14.1. The van der Waals surface area contributed by atoms with E-state index >= 15 is 0 Å². The molecule has 2 aromatic rings. The van der Waals surface area contributed by atoms with Gasteiger partial charge in [-0.15, -0.1) is 0 Å². The molecule has 8 nitrogen and oxygen atoms in total. The Hall–Kier alpha value is -2.43. The van der Waals surface area contributed by atoms with Crippen molar-refractivity contribution in [1.82, 2.24) is 14.9 Å². The van der Waals surface area contributed by atoms with Crippen molar-refractivity contribution in [2.75, 3.05) is 57.9 Å². The predicted octanol–water partition coefficient (Wildman–Crippen LogP) is 7.92. The maximum Gasteiger partial charge on any atom is 0.263 e. The van der Waals surface area contributed by atoms with Gasteiger partial charge in [0.15, 0.2) is 0 Å². The highest BCUT2D eigenvalue weighted by Gasteiger charge is 2.49. The lowest BCUT2D eigenvalue weighted by Crippen LogP contribution is -2.53. The number of allylic oxidation sites excluding steroid dienone is 1. The number of aryl methyl sites for hydroxylation is 1. The topological polar surface area (TPSA) is 83.1 Å². The molecular formula is C43H63ClN4O4S. The maximum atomic E-state index is 13.4. The normalized spacial score (nSPS) is 32.7. The second-order valence-corrected chi connectivity index (χ2v) is 18.1. The minimum atomic E-state index is -1.48. The number of hydrogen-bond donors (Lipinski definition) is 2. The van der Waals surface area contributed by atoms with Crippen LogP contribution in [0.4, 0.5) is 5.69 Å². The van der Waals surface area contributed by atoms with Gasteiger partial charge in [0.05, 0.1) is 23.1 Å². The van der Waals surface area contributed by atoms with E-state index in [4.69, 9.17) is 21.1 Å². The summed E-state index contributed by atoms with van der Waals surface area (Å²) >= 11 is 6.43. The van der Waals surface area contributed by atoms with E-state index in [0.29, 0.717) is 29.9 Å². The molecule has 8 atom stereocenters. The standard InChI is InChI=1S/C35H47ClN2O4S.C8H16N2/c1-6-10-24-18-27(36)13-14-29(24)26-20-38-21-30-23(3)17-31(30)35(4,41-5)16-9-8-11-28(7-2)43(40)37-34(39)25-12-15-33(42-22-26)32(38)19-25;1-2-5-10-6-4-9-7-8(10)3-1/h9,12-16,18-19,23,26,28,30-31H,6-8,10-11,17,20-22H2,1-5H3,(H,37,39);8-9H,1-7H2/b16-9+;/t23?,26?,28?,30?,31?,35-,43?;/m0./s1. The van der Waals surface area contributed by atoms with Crippen LogP contribution in [-0.2, 0) is 22.1 Å². The van der Waals surface area contributed by atoms with Crippen LogP contribution in [0.5, 0.6) is 5.75 Å². The van der Waals surface area contributed by atoms with Gasteiger partial charge in [-0.3, -0.25) is 14.4 Å². The maximum absolute atomic E-state index is 13.4. The van der Waals surface area contributed by atoms with Crippen molar-refractivity contribution in [2.45, 2.75) is 108 Å². The summed E-state index contributed by atoms with van der Waals surface area (Å²) in [6, 6.07) is 12.7. The van der Waals surface area contributed by atoms with Crippen LogP contribution in [0.2, 0.25) is 5.02 Å². The molecule has 0 aromatic heterocycles. The molecule has 10 heteroatoms. The fraction of sp³-hybridized carbons (Fsp3) is 0.651. The number of rotatable bonds is 5. The van der Waals surface area contributed by atoms with Crippen LogP contribution >= 0.6 is 11.6 Å². The van der Waals surface area contributed by atoms with E-state index in [-0.39, 0.29) is 22.7 Å². The first-order chi connectivity index (χ1) is 25.6. The van der Waals surface area contributed by atoms with E-state index in [1.165, 1.54) is 56.6 Å². The lowest BCUT2D eigenvalue weighted by Gasteiger charge is -2.52. The summed E-state index contributed by atoms with van der Waals surface area (Å²) in [5.41, 5.74) is 3.56. The van der Waals surface area contributed by atoms with Crippen molar-refractivity contribution >= 4 is 34.2 Å². The van der Waals surface area contributed by atoms with Crippen LogP contribution in [0.1, 0.15) is 106 Å². The van der Waals surface area contributed by atoms with E-state index in [1.807, 2.05) is 32.2 Å². The third-order valence-electron chi connectivity index (χ3n) is 12.7. The van der Waals surface area contributed by atoms with Crippen LogP contribution < -0.4 is 19.7 Å². The summed E-state index contributed by atoms with van der Waals surface area (Å²) in [7, 11) is 0.334. The zero-order chi connectivity index (χ0) is 37.5. The van der Waals surface area contributed by atoms with E-state index in [0.717, 1.165) is 74.1 Å². The highest BCUT2D eigenvalue weighted by Crippen LogP contribution is 2.50. The first kappa shape index (κ1) is 40.2. The number of ether oxygens (including phenoxy) is 2. The lowest BCUT2D eigenvalue weighted by molar-refractivity contribution is -0.0875. The van der Waals surface area contributed by atoms with Gasteiger partial charge in [0.1, 0.15) is 16.7 Å². The van der Waals surface area contributed by atoms with Crippen LogP contribution in [0.3, 0.4) is 0 Å². The zero-order valence-corrected chi connectivity index (χ0v) is 34.3. The van der Waals surface area contributed by atoms with Crippen molar-refractivity contribution in [2.24, 2.45) is 17.8 Å². The summed E-state index contributed by atoms with van der Waals surface area (Å²) in [6.45, 7) is 16.0. The Balaban J connectivity index is 0.000000411. The lowest BCUT2D eigenvalue weighted by atomic mass is 9.59. The Morgan fingerprint density at radius 3 is 2.70 bits per heavy atom. The summed E-state index contributed by atoms with van der Waals surface area (Å²) in [4.78, 5) is 18.5. The molecule has 53 heavy (non-hydrogen) atoms. The van der Waals surface area contributed by atoms with E-state index in [9.17, 15) is 9.00 Å². The van der Waals surface area contributed by atoms with Crippen LogP contribution in [0.25, 0.3) is 0 Å². The van der Waals surface area contributed by atoms with Crippen LogP contribution in [0, 0.1) is 17.8 Å². The van der Waals surface area contributed by atoms with Gasteiger partial charge < -0.3 is 19.7 Å². The molecule has 0 spiro atoms. The second-order valence-electron chi connectivity index (χ2n) is 16.2. The van der Waals surface area contributed by atoms with Crippen molar-refractivity contribution in [3.05, 3.63) is 70.3 Å². The van der Waals surface area contributed by atoms with Gasteiger partial charge in [0, 0.05) is 62.4 Å². The molecular weight excluding hydrogens is 704 g/mol. The quantitative estimate of drug-likeness (QED) is 0.300. The number of piperazine rings is 1. The molecule has 7 unspecified atom stereocenters. The van der Waals surface area contributed by atoms with Gasteiger partial charge in [-0.05, 0) is 118 Å². The number of methoxy groups -OCH3 is 1. The fourth-order valence-corrected chi connectivity index (χ4v) is 10.7. The highest BCUT2D eigenvalue weighted by atomic mass is 35.5. The number of hydrogen-bond acceptors (Lipinski definition) is 7. The number of nitrogens with one attached hydrogen (secondary N) is 2. The largest absolute Gasteiger partial charge is 0.491 e. The molecule has 4 aliphatic heterocycles. The molecule has 5 aliphatic rings. The Labute approximate surface area is 326 Å². The molecule has 2 saturated heterocycles. The second kappa shape index (κ2) is 18.5. The molecule has 2 bridgehead atoms. The number of benzene rings is 2. The van der Waals surface area contributed by atoms with Gasteiger partial charge in [-0.2, -0.15) is 0 Å². The summed E-state index contributed by atoms with van der Waals surface area (Å²) in [5.74, 6) is 1.90. The molecule has 4 heterocycles. The van der Waals surface area contributed by atoms with E-state index in [1.54, 1.807) is 6.07 Å². The minimum Gasteiger partial charge on any atom is -0.491 e. The Bertz CT molecular complexity index is 1580. The van der Waals surface area contributed by atoms with Crippen molar-refractivity contribution in [3.8, 4) is 5.75 Å². The zero-order valence-electron chi connectivity index (χ0n) is 32.7. The van der Waals surface area contributed by atoms with Gasteiger partial charge >= 0.3 is 0 Å². The molecule has 2 aromatic carbocycles. The number of nitrogens with zero attached hydrogens (tertiary/aromatic N) is 2. The number of carbonyl (C=O) groups excluding carboxylic acids is 1. The Morgan fingerprint density at radius 1 is 1.09 bits per heavy atom. The molecule has 0 radical (unpaired) electrons. The summed E-state index contributed by atoms with van der Waals surface area (Å²) < 4.78 is 28.7. The summed E-state index contributed by atoms with van der Waals surface area (Å²) in [5, 5.41) is 4.08. The molecule has 292 valence electrons. The average Bonchev–Trinajstić information content (AvgIpc) is 3.35. The van der Waals surface area contributed by atoms with Gasteiger partial charge in [-0.25, -0.2) is 4.21 Å². The van der Waals surface area contributed by atoms with E-state index in [2.05, 4.69) is 64.9 Å². The van der Waals surface area contributed by atoms with Gasteiger partial charge in [-0.1, -0.05) is 63.4 Å². The smallest absolute Gasteiger partial charge is 0.263 e. The van der Waals surface area contributed by atoms with Crippen molar-refractivity contribution in [1.29, 1.82) is 0 Å². The molecule has 2 N–H and O–H groups in total. The fourth-order valence-electron chi connectivity index (χ4n) is 9.34. The highest BCUT2D eigenvalue weighted by molar-refractivity contribution is 7.84. The first-order valence-corrected chi connectivity index (χ1v) is 21.9. The Kier molecular flexibility index (Phi) is 14.0. The predicted molar refractivity (Wildman–Crippen MR) is 219 cm³/mol. The number of carbonyl (C=O) groups is 1. The van der Waals surface area contributed by atoms with Crippen LogP contribution in [-0.4, -0.2) is 84.9 Å². The minimum absolute atomic E-state index is 0.120. The first-order valence-electron chi connectivity index (χ1n) is 20.3. The average molecular weight is 768 g/mol. The third kappa shape index (κ3) is 9.52. The SMILES string of the molecule is C1CCN2CCNCC2C1.CCCc1cc(Cl)ccc1C1COc2ccc3cc2N(C1)CC1C(C)CC1[C@@](C)(OC)/C=C/CCC(CC)S(=O)NC3=O. The number of fused-ring (bicyclic) bond motifs is 3. The monoisotopic (exact) mass is 766 g/mol. The van der Waals surface area contributed by atoms with Gasteiger partial charge in [0.25, 0.3) is 5.91 Å². The number of piperidine rings is 1. The number of amides is 1. The van der Waals surface area contributed by atoms with Crippen molar-refractivity contribution in [3.63, 3.8) is 0 Å².